The number of anilines is 1. The van der Waals surface area contributed by atoms with Crippen molar-refractivity contribution in [2.45, 2.75) is 12.6 Å². The number of carbonyl (C=O) groups excluding carboxylic acids is 1. The topological polar surface area (TPSA) is 66.4 Å². The molecule has 0 aromatic heterocycles. The van der Waals surface area contributed by atoms with E-state index >= 15 is 0 Å². The Kier molecular flexibility index (Phi) is 3.66. The highest BCUT2D eigenvalue weighted by atomic mass is 19.4. The number of carboxylic acids is 1. The summed E-state index contributed by atoms with van der Waals surface area (Å²) in [7, 11) is 0. The Morgan fingerprint density at radius 1 is 1.13 bits per heavy atom. The number of nitrogens with one attached hydrogen (secondary N) is 1. The van der Waals surface area contributed by atoms with Crippen molar-refractivity contribution in [3.63, 3.8) is 0 Å². The first kappa shape index (κ1) is 15.6. The third-order valence-corrected chi connectivity index (χ3v) is 4.50. The van der Waals surface area contributed by atoms with E-state index < -0.39 is 35.5 Å². The summed E-state index contributed by atoms with van der Waals surface area (Å²) < 4.78 is 38.1. The van der Waals surface area contributed by atoms with Crippen LogP contribution < -0.4 is 5.32 Å². The van der Waals surface area contributed by atoms with Gasteiger partial charge in [-0.25, -0.2) is 0 Å². The van der Waals surface area contributed by atoms with Crippen LogP contribution in [0.5, 0.6) is 0 Å². The molecule has 0 radical (unpaired) electrons. The maximum atomic E-state index is 12.7. The highest BCUT2D eigenvalue weighted by Gasteiger charge is 2.51. The second-order valence-electron chi connectivity index (χ2n) is 5.91. The Labute approximate surface area is 130 Å². The molecule has 7 heteroatoms. The Morgan fingerprint density at radius 2 is 1.78 bits per heavy atom. The third-order valence-electron chi connectivity index (χ3n) is 4.50. The van der Waals surface area contributed by atoms with E-state index in [0.29, 0.717) is 6.42 Å². The number of aliphatic carboxylic acids is 1. The molecule has 1 aromatic rings. The quantitative estimate of drug-likeness (QED) is 0.839. The van der Waals surface area contributed by atoms with Crippen LogP contribution in [-0.2, 0) is 15.8 Å². The lowest BCUT2D eigenvalue weighted by Crippen LogP contribution is -2.36. The molecule has 1 aromatic carbocycles. The Morgan fingerprint density at radius 3 is 2.39 bits per heavy atom. The highest BCUT2D eigenvalue weighted by Crippen LogP contribution is 2.48. The first-order valence-corrected chi connectivity index (χ1v) is 7.16. The number of rotatable bonds is 3. The first-order valence-electron chi connectivity index (χ1n) is 7.16. The molecule has 4 atom stereocenters. The maximum Gasteiger partial charge on any atom is 0.416 e. The monoisotopic (exact) mass is 325 g/mol. The van der Waals surface area contributed by atoms with Gasteiger partial charge in [0.1, 0.15) is 0 Å². The van der Waals surface area contributed by atoms with Crippen LogP contribution in [0.4, 0.5) is 18.9 Å². The molecule has 3 rings (SSSR count). The van der Waals surface area contributed by atoms with Gasteiger partial charge in [-0.2, -0.15) is 13.2 Å². The molecule has 0 spiro atoms. The van der Waals surface area contributed by atoms with Gasteiger partial charge in [-0.3, -0.25) is 9.59 Å². The van der Waals surface area contributed by atoms with Crippen molar-refractivity contribution in [3.8, 4) is 0 Å². The minimum atomic E-state index is -4.50. The fraction of sp³-hybridized carbons (Fsp3) is 0.375. The SMILES string of the molecule is O=C(O)[C@@H]1[C@H](C(=O)Nc2cccc(C(F)(F)F)c2)[C@@H]2C=C[C@H]1C2. The summed E-state index contributed by atoms with van der Waals surface area (Å²) in [6.45, 7) is 0. The molecule has 0 aliphatic heterocycles. The largest absolute Gasteiger partial charge is 0.481 e. The van der Waals surface area contributed by atoms with Crippen LogP contribution in [0.1, 0.15) is 12.0 Å². The normalized spacial score (nSPS) is 28.8. The van der Waals surface area contributed by atoms with Gasteiger partial charge in [-0.15, -0.1) is 0 Å². The molecule has 2 aliphatic carbocycles. The van der Waals surface area contributed by atoms with E-state index in [2.05, 4.69) is 5.32 Å². The summed E-state index contributed by atoms with van der Waals surface area (Å²) in [4.78, 5) is 23.8. The van der Waals surface area contributed by atoms with Crippen molar-refractivity contribution in [2.75, 3.05) is 5.32 Å². The highest BCUT2D eigenvalue weighted by molar-refractivity contribution is 5.96. The molecule has 122 valence electrons. The molecule has 1 amide bonds. The van der Waals surface area contributed by atoms with Gasteiger partial charge in [0.15, 0.2) is 0 Å². The number of hydrogen-bond acceptors (Lipinski definition) is 2. The van der Waals surface area contributed by atoms with Crippen molar-refractivity contribution < 1.29 is 27.9 Å². The zero-order valence-corrected chi connectivity index (χ0v) is 11.9. The number of halogens is 3. The molecule has 1 fully saturated rings. The van der Waals surface area contributed by atoms with Gasteiger partial charge < -0.3 is 10.4 Å². The number of carbonyl (C=O) groups is 2. The molecule has 2 aliphatic rings. The summed E-state index contributed by atoms with van der Waals surface area (Å²) in [6.07, 6.45) is -0.283. The summed E-state index contributed by atoms with van der Waals surface area (Å²) in [5, 5.41) is 11.7. The average molecular weight is 325 g/mol. The van der Waals surface area contributed by atoms with E-state index in [1.54, 1.807) is 6.08 Å². The van der Waals surface area contributed by atoms with Crippen LogP contribution in [-0.4, -0.2) is 17.0 Å². The predicted octanol–water partition coefficient (Wildman–Crippen LogP) is 3.17. The molecular formula is C16H14F3NO3. The van der Waals surface area contributed by atoms with Crippen molar-refractivity contribution in [1.82, 2.24) is 0 Å². The Bertz CT molecular complexity index is 683. The summed E-state index contributed by atoms with van der Waals surface area (Å²) >= 11 is 0. The van der Waals surface area contributed by atoms with Gasteiger partial charge >= 0.3 is 12.1 Å². The number of amides is 1. The van der Waals surface area contributed by atoms with Gasteiger partial charge in [0.2, 0.25) is 5.91 Å². The molecule has 2 bridgehead atoms. The van der Waals surface area contributed by atoms with Gasteiger partial charge in [-0.05, 0) is 36.5 Å². The minimum absolute atomic E-state index is 0.0146. The van der Waals surface area contributed by atoms with Crippen molar-refractivity contribution in [2.24, 2.45) is 23.7 Å². The fourth-order valence-corrected chi connectivity index (χ4v) is 3.52. The van der Waals surface area contributed by atoms with E-state index in [0.717, 1.165) is 12.1 Å². The smallest absolute Gasteiger partial charge is 0.416 e. The van der Waals surface area contributed by atoms with Crippen LogP contribution in [0.2, 0.25) is 0 Å². The van der Waals surface area contributed by atoms with Crippen molar-refractivity contribution in [3.05, 3.63) is 42.0 Å². The number of allylic oxidation sites excluding steroid dienone is 2. The van der Waals surface area contributed by atoms with Crippen LogP contribution >= 0.6 is 0 Å². The molecular weight excluding hydrogens is 311 g/mol. The van der Waals surface area contributed by atoms with Gasteiger partial charge in [0.05, 0.1) is 17.4 Å². The van der Waals surface area contributed by atoms with Crippen LogP contribution in [0.15, 0.2) is 36.4 Å². The molecule has 23 heavy (non-hydrogen) atoms. The van der Waals surface area contributed by atoms with Crippen LogP contribution in [0.3, 0.4) is 0 Å². The van der Waals surface area contributed by atoms with E-state index in [1.807, 2.05) is 6.08 Å². The lowest BCUT2D eigenvalue weighted by Gasteiger charge is -2.24. The summed E-state index contributed by atoms with van der Waals surface area (Å²) in [6, 6.07) is 4.31. The fourth-order valence-electron chi connectivity index (χ4n) is 3.52. The second kappa shape index (κ2) is 5.40. The number of benzene rings is 1. The number of fused-ring (bicyclic) bond motifs is 2. The average Bonchev–Trinajstić information content (AvgIpc) is 3.07. The molecule has 0 unspecified atom stereocenters. The zero-order chi connectivity index (χ0) is 16.8. The predicted molar refractivity (Wildman–Crippen MR) is 75.4 cm³/mol. The Hall–Kier alpha value is -2.31. The number of carboxylic acid groups (broad SMARTS) is 1. The number of hydrogen-bond donors (Lipinski definition) is 2. The minimum Gasteiger partial charge on any atom is -0.481 e. The molecule has 1 saturated carbocycles. The maximum absolute atomic E-state index is 12.7. The Balaban J connectivity index is 1.80. The van der Waals surface area contributed by atoms with E-state index in [1.165, 1.54) is 12.1 Å². The van der Waals surface area contributed by atoms with Crippen molar-refractivity contribution >= 4 is 17.6 Å². The van der Waals surface area contributed by atoms with E-state index in [9.17, 15) is 27.9 Å². The van der Waals surface area contributed by atoms with Gasteiger partial charge in [-0.1, -0.05) is 18.2 Å². The van der Waals surface area contributed by atoms with Crippen molar-refractivity contribution in [1.29, 1.82) is 0 Å². The summed E-state index contributed by atoms with van der Waals surface area (Å²) in [5.41, 5.74) is -0.848. The zero-order valence-electron chi connectivity index (χ0n) is 11.9. The van der Waals surface area contributed by atoms with Gasteiger partial charge in [0.25, 0.3) is 0 Å². The van der Waals surface area contributed by atoms with Gasteiger partial charge in [0, 0.05) is 5.69 Å². The lowest BCUT2D eigenvalue weighted by atomic mass is 9.82. The van der Waals surface area contributed by atoms with Crippen LogP contribution in [0, 0.1) is 23.7 Å². The standard InChI is InChI=1S/C16H14F3NO3/c17-16(18,19)10-2-1-3-11(7-10)20-14(21)12-8-4-5-9(6-8)13(12)15(22)23/h1-5,7-9,12-13H,6H2,(H,20,21)(H,22,23)/t8-,9+,12-,13+/m1/s1. The number of alkyl halides is 3. The van der Waals surface area contributed by atoms with E-state index in [4.69, 9.17) is 0 Å². The lowest BCUT2D eigenvalue weighted by molar-refractivity contribution is -0.146. The second-order valence-corrected chi connectivity index (χ2v) is 5.91. The molecule has 4 nitrogen and oxygen atoms in total. The van der Waals surface area contributed by atoms with E-state index in [-0.39, 0.29) is 17.5 Å². The molecule has 2 N–H and O–H groups in total. The first-order chi connectivity index (χ1) is 10.8. The third kappa shape index (κ3) is 2.83. The van der Waals surface area contributed by atoms with Crippen LogP contribution in [0.25, 0.3) is 0 Å². The molecule has 0 heterocycles. The summed E-state index contributed by atoms with van der Waals surface area (Å²) in [5.74, 6) is -3.53. The molecule has 0 saturated heterocycles.